The molecule has 3 aromatic rings. The first-order valence-corrected chi connectivity index (χ1v) is 13.6. The number of amides is 1. The standard InChI is InChI=1S/C27H32N2O8S/c1-6-29(7-2)38(33,34)21-10-8-9-18(13-21)26(31)28-25(17(3)4)27(32)36-16-19-14-24(30)37-23-15-20(35-5)11-12-22(19)23/h8-15,17,25H,6-7,16H2,1-5H3,(H,28,31)/t25-/m0/s1. The zero-order chi connectivity index (χ0) is 28.0. The van der Waals surface area contributed by atoms with E-state index in [-0.39, 0.29) is 28.6 Å². The lowest BCUT2D eigenvalue weighted by Gasteiger charge is -2.22. The van der Waals surface area contributed by atoms with E-state index in [1.54, 1.807) is 45.9 Å². The summed E-state index contributed by atoms with van der Waals surface area (Å²) in [6.45, 7) is 7.32. The van der Waals surface area contributed by atoms with E-state index in [1.165, 1.54) is 41.7 Å². The lowest BCUT2D eigenvalue weighted by Crippen LogP contribution is -2.45. The number of nitrogens with zero attached hydrogens (tertiary/aromatic N) is 1. The van der Waals surface area contributed by atoms with Crippen LogP contribution in [0.25, 0.3) is 11.0 Å². The Hall–Kier alpha value is -3.70. The van der Waals surface area contributed by atoms with Crippen LogP contribution in [-0.4, -0.2) is 50.8 Å². The summed E-state index contributed by atoms with van der Waals surface area (Å²) < 4.78 is 42.9. The molecule has 0 spiro atoms. The van der Waals surface area contributed by atoms with Gasteiger partial charge >= 0.3 is 11.6 Å². The number of fused-ring (bicyclic) bond motifs is 1. The van der Waals surface area contributed by atoms with E-state index in [2.05, 4.69) is 5.32 Å². The summed E-state index contributed by atoms with van der Waals surface area (Å²) in [5, 5.41) is 3.23. The maximum Gasteiger partial charge on any atom is 0.336 e. The van der Waals surface area contributed by atoms with Crippen molar-refractivity contribution in [3.05, 3.63) is 70.1 Å². The van der Waals surface area contributed by atoms with Gasteiger partial charge in [-0.05, 0) is 36.2 Å². The van der Waals surface area contributed by atoms with Gasteiger partial charge in [-0.2, -0.15) is 4.31 Å². The Balaban J connectivity index is 1.78. The van der Waals surface area contributed by atoms with E-state index in [4.69, 9.17) is 13.9 Å². The van der Waals surface area contributed by atoms with Crippen molar-refractivity contribution in [1.29, 1.82) is 0 Å². The molecule has 0 fully saturated rings. The van der Waals surface area contributed by atoms with Crippen molar-refractivity contribution in [2.45, 2.75) is 45.2 Å². The number of carbonyl (C=O) groups is 2. The fourth-order valence-electron chi connectivity index (χ4n) is 3.93. The van der Waals surface area contributed by atoms with Gasteiger partial charge in [-0.1, -0.05) is 33.8 Å². The quantitative estimate of drug-likeness (QED) is 0.287. The summed E-state index contributed by atoms with van der Waals surface area (Å²) in [6.07, 6.45) is 0. The average molecular weight is 545 g/mol. The van der Waals surface area contributed by atoms with E-state index < -0.39 is 33.6 Å². The Labute approximate surface area is 221 Å². The minimum absolute atomic E-state index is 0.0102. The molecule has 0 radical (unpaired) electrons. The van der Waals surface area contributed by atoms with Crippen LogP contribution in [0.5, 0.6) is 5.75 Å². The number of hydrogen-bond donors (Lipinski definition) is 1. The number of carbonyl (C=O) groups excluding carboxylic acids is 2. The highest BCUT2D eigenvalue weighted by Crippen LogP contribution is 2.23. The molecular formula is C27H32N2O8S. The van der Waals surface area contributed by atoms with Crippen molar-refractivity contribution >= 4 is 32.9 Å². The lowest BCUT2D eigenvalue weighted by molar-refractivity contribution is -0.148. The molecule has 0 aliphatic carbocycles. The first-order valence-electron chi connectivity index (χ1n) is 12.2. The number of rotatable bonds is 11. The summed E-state index contributed by atoms with van der Waals surface area (Å²) in [5.41, 5.74) is 0.217. The van der Waals surface area contributed by atoms with E-state index in [1.807, 2.05) is 0 Å². The van der Waals surface area contributed by atoms with Gasteiger partial charge < -0.3 is 19.2 Å². The predicted octanol–water partition coefficient (Wildman–Crippen LogP) is 3.33. The molecule has 204 valence electrons. The maximum atomic E-state index is 13.0. The van der Waals surface area contributed by atoms with Crippen LogP contribution in [0.15, 0.2) is 62.6 Å². The molecule has 0 bridgehead atoms. The molecule has 11 heteroatoms. The third kappa shape index (κ3) is 6.40. The third-order valence-electron chi connectivity index (χ3n) is 6.05. The summed E-state index contributed by atoms with van der Waals surface area (Å²) in [7, 11) is -2.27. The van der Waals surface area contributed by atoms with E-state index in [0.717, 1.165) is 0 Å². The molecular weight excluding hydrogens is 512 g/mol. The molecule has 1 atom stereocenters. The average Bonchev–Trinajstić information content (AvgIpc) is 2.89. The van der Waals surface area contributed by atoms with Gasteiger partial charge in [0.05, 0.1) is 12.0 Å². The topological polar surface area (TPSA) is 132 Å². The number of hydrogen-bond acceptors (Lipinski definition) is 8. The van der Waals surface area contributed by atoms with Gasteiger partial charge in [-0.25, -0.2) is 18.0 Å². The smallest absolute Gasteiger partial charge is 0.336 e. The molecule has 1 N–H and O–H groups in total. The number of methoxy groups -OCH3 is 1. The SMILES string of the molecule is CCN(CC)S(=O)(=O)c1cccc(C(=O)N[C@H](C(=O)OCc2cc(=O)oc3cc(OC)ccc23)C(C)C)c1. The van der Waals surface area contributed by atoms with Crippen LogP contribution in [0.3, 0.4) is 0 Å². The summed E-state index contributed by atoms with van der Waals surface area (Å²) >= 11 is 0. The highest BCUT2D eigenvalue weighted by molar-refractivity contribution is 7.89. The van der Waals surface area contributed by atoms with Crippen LogP contribution in [-0.2, 0) is 26.2 Å². The minimum atomic E-state index is -3.76. The highest BCUT2D eigenvalue weighted by atomic mass is 32.2. The zero-order valence-electron chi connectivity index (χ0n) is 22.0. The van der Waals surface area contributed by atoms with Gasteiger partial charge in [0.1, 0.15) is 24.0 Å². The Kier molecular flexibility index (Phi) is 9.29. The first kappa shape index (κ1) is 28.9. The number of benzene rings is 2. The molecule has 3 rings (SSSR count). The fraction of sp³-hybridized carbons (Fsp3) is 0.370. The summed E-state index contributed by atoms with van der Waals surface area (Å²) in [6, 6.07) is 10.8. The Bertz CT molecular complexity index is 1480. The Morgan fingerprint density at radius 3 is 2.39 bits per heavy atom. The van der Waals surface area contributed by atoms with E-state index >= 15 is 0 Å². The molecule has 0 aliphatic heterocycles. The van der Waals surface area contributed by atoms with Crippen LogP contribution < -0.4 is 15.7 Å². The van der Waals surface area contributed by atoms with E-state index in [0.29, 0.717) is 29.8 Å². The van der Waals surface area contributed by atoms with Gasteiger partial charge in [0.15, 0.2) is 0 Å². The second-order valence-corrected chi connectivity index (χ2v) is 10.8. The zero-order valence-corrected chi connectivity index (χ0v) is 22.8. The van der Waals surface area contributed by atoms with Crippen molar-refractivity contribution in [3.63, 3.8) is 0 Å². The number of esters is 1. The molecule has 2 aromatic carbocycles. The Morgan fingerprint density at radius 1 is 1.05 bits per heavy atom. The lowest BCUT2D eigenvalue weighted by atomic mass is 10.0. The minimum Gasteiger partial charge on any atom is -0.497 e. The van der Waals surface area contributed by atoms with Gasteiger partial charge in [0, 0.05) is 41.7 Å². The number of nitrogens with one attached hydrogen (secondary N) is 1. The Morgan fingerprint density at radius 2 is 1.76 bits per heavy atom. The molecule has 0 aliphatic rings. The van der Waals surface area contributed by atoms with E-state index in [9.17, 15) is 22.8 Å². The predicted molar refractivity (Wildman–Crippen MR) is 141 cm³/mol. The first-order chi connectivity index (χ1) is 18.0. The van der Waals surface area contributed by atoms with Crippen LogP contribution in [0.1, 0.15) is 43.6 Å². The highest BCUT2D eigenvalue weighted by Gasteiger charge is 2.28. The third-order valence-corrected chi connectivity index (χ3v) is 8.10. The molecule has 0 saturated carbocycles. The second-order valence-electron chi connectivity index (χ2n) is 8.87. The molecule has 1 heterocycles. The van der Waals surface area contributed by atoms with Crippen molar-refractivity contribution in [2.24, 2.45) is 5.92 Å². The van der Waals surface area contributed by atoms with Crippen LogP contribution >= 0.6 is 0 Å². The summed E-state index contributed by atoms with van der Waals surface area (Å²) in [5.74, 6) is -1.15. The van der Waals surface area contributed by atoms with Gasteiger partial charge in [-0.15, -0.1) is 0 Å². The fourth-order valence-corrected chi connectivity index (χ4v) is 5.43. The van der Waals surface area contributed by atoms with Crippen molar-refractivity contribution in [1.82, 2.24) is 9.62 Å². The number of sulfonamides is 1. The van der Waals surface area contributed by atoms with Gasteiger partial charge in [0.25, 0.3) is 5.91 Å². The van der Waals surface area contributed by atoms with Gasteiger partial charge in [-0.3, -0.25) is 4.79 Å². The monoisotopic (exact) mass is 544 g/mol. The van der Waals surface area contributed by atoms with Crippen molar-refractivity contribution in [2.75, 3.05) is 20.2 Å². The van der Waals surface area contributed by atoms with Crippen LogP contribution in [0.4, 0.5) is 0 Å². The normalized spacial score (nSPS) is 12.5. The molecule has 0 saturated heterocycles. The van der Waals surface area contributed by atoms with Crippen LogP contribution in [0.2, 0.25) is 0 Å². The maximum absolute atomic E-state index is 13.0. The number of ether oxygens (including phenoxy) is 2. The van der Waals surface area contributed by atoms with Crippen molar-refractivity contribution < 1.29 is 31.9 Å². The second kappa shape index (κ2) is 12.2. The largest absolute Gasteiger partial charge is 0.497 e. The molecule has 38 heavy (non-hydrogen) atoms. The molecule has 1 aromatic heterocycles. The summed E-state index contributed by atoms with van der Waals surface area (Å²) in [4.78, 5) is 38.0. The molecule has 1 amide bonds. The molecule has 10 nitrogen and oxygen atoms in total. The van der Waals surface area contributed by atoms with Gasteiger partial charge in [0.2, 0.25) is 10.0 Å². The van der Waals surface area contributed by atoms with Crippen molar-refractivity contribution in [3.8, 4) is 5.75 Å². The molecule has 0 unspecified atom stereocenters. The van der Waals surface area contributed by atoms with Crippen LogP contribution in [0, 0.1) is 5.92 Å².